The number of carbonyl (C=O) groups excluding carboxylic acids is 2. The molecule has 2 N–H and O–H groups in total. The summed E-state index contributed by atoms with van der Waals surface area (Å²) in [6.07, 6.45) is 3.65. The molecule has 1 atom stereocenters. The van der Waals surface area contributed by atoms with Crippen molar-refractivity contribution in [2.75, 3.05) is 12.3 Å². The Morgan fingerprint density at radius 1 is 1.43 bits per heavy atom. The van der Waals surface area contributed by atoms with E-state index in [4.69, 9.17) is 10.5 Å². The van der Waals surface area contributed by atoms with Crippen LogP contribution in [0.2, 0.25) is 0 Å². The lowest BCUT2D eigenvalue weighted by molar-refractivity contribution is -0.306. The Morgan fingerprint density at radius 3 is 2.62 bits per heavy atom. The SMILES string of the molecule is CCCC[C@](CCC(=O)[O-])(C(=O)OCC)c1cnc(N)s1. The van der Waals surface area contributed by atoms with Crippen LogP contribution in [-0.4, -0.2) is 23.5 Å². The summed E-state index contributed by atoms with van der Waals surface area (Å²) >= 11 is 1.20. The normalized spacial score (nSPS) is 13.6. The summed E-state index contributed by atoms with van der Waals surface area (Å²) in [5.74, 6) is -1.60. The predicted octanol–water partition coefficient (Wildman–Crippen LogP) is 1.25. The predicted molar refractivity (Wildman–Crippen MR) is 78.6 cm³/mol. The molecule has 0 aliphatic rings. The number of esters is 1. The van der Waals surface area contributed by atoms with E-state index in [1.165, 1.54) is 11.3 Å². The molecule has 0 saturated carbocycles. The lowest BCUT2D eigenvalue weighted by Crippen LogP contribution is -2.39. The maximum Gasteiger partial charge on any atom is 0.317 e. The molecule has 0 amide bonds. The van der Waals surface area contributed by atoms with Gasteiger partial charge in [-0.25, -0.2) is 4.98 Å². The molecular weight excluding hydrogens is 292 g/mol. The Labute approximate surface area is 128 Å². The van der Waals surface area contributed by atoms with Crippen LogP contribution in [0.1, 0.15) is 50.8 Å². The second-order valence-electron chi connectivity index (χ2n) is 4.84. The number of hydrogen-bond acceptors (Lipinski definition) is 7. The van der Waals surface area contributed by atoms with Crippen molar-refractivity contribution in [2.24, 2.45) is 0 Å². The second-order valence-corrected chi connectivity index (χ2v) is 5.90. The maximum atomic E-state index is 12.5. The number of nitrogen functional groups attached to an aromatic ring is 1. The molecule has 0 spiro atoms. The maximum absolute atomic E-state index is 12.5. The van der Waals surface area contributed by atoms with Crippen LogP contribution in [0.25, 0.3) is 0 Å². The first kappa shape index (κ1) is 17.4. The van der Waals surface area contributed by atoms with E-state index in [0.29, 0.717) is 16.4 Å². The largest absolute Gasteiger partial charge is 0.550 e. The van der Waals surface area contributed by atoms with Gasteiger partial charge in [-0.05, 0) is 26.2 Å². The number of carboxylic acid groups (broad SMARTS) is 1. The quantitative estimate of drug-likeness (QED) is 0.688. The molecule has 21 heavy (non-hydrogen) atoms. The van der Waals surface area contributed by atoms with Gasteiger partial charge in [-0.15, -0.1) is 11.3 Å². The van der Waals surface area contributed by atoms with Gasteiger partial charge in [0.05, 0.1) is 6.61 Å². The van der Waals surface area contributed by atoms with Crippen LogP contribution in [0.4, 0.5) is 5.13 Å². The van der Waals surface area contributed by atoms with Crippen molar-refractivity contribution < 1.29 is 19.4 Å². The average Bonchev–Trinajstić information content (AvgIpc) is 2.86. The second kappa shape index (κ2) is 7.97. The standard InChI is InChI=1S/C14H22N2O4S/c1-3-5-7-14(8-6-11(17)18,12(19)20-4-2)10-9-16-13(15)21-10/h9H,3-8H2,1-2H3,(H2,15,16)(H,17,18)/p-1/t14-/m1/s1. The Morgan fingerprint density at radius 2 is 2.14 bits per heavy atom. The molecule has 0 bridgehead atoms. The highest BCUT2D eigenvalue weighted by molar-refractivity contribution is 7.15. The van der Waals surface area contributed by atoms with E-state index in [1.54, 1.807) is 13.1 Å². The fourth-order valence-corrected chi connectivity index (χ4v) is 3.17. The number of nitrogens with two attached hydrogens (primary N) is 1. The summed E-state index contributed by atoms with van der Waals surface area (Å²) in [6, 6.07) is 0. The average molecular weight is 313 g/mol. The van der Waals surface area contributed by atoms with E-state index < -0.39 is 17.4 Å². The van der Waals surface area contributed by atoms with Gasteiger partial charge in [0.1, 0.15) is 5.41 Å². The molecular formula is C14H21N2O4S-. The summed E-state index contributed by atoms with van der Waals surface area (Å²) in [6.45, 7) is 3.98. The fourth-order valence-electron chi connectivity index (χ4n) is 2.25. The van der Waals surface area contributed by atoms with Crippen LogP contribution >= 0.6 is 11.3 Å². The molecule has 0 aliphatic carbocycles. The van der Waals surface area contributed by atoms with Gasteiger partial charge < -0.3 is 20.4 Å². The number of ether oxygens (including phenoxy) is 1. The van der Waals surface area contributed by atoms with Crippen molar-refractivity contribution in [3.8, 4) is 0 Å². The number of carbonyl (C=O) groups is 2. The van der Waals surface area contributed by atoms with E-state index in [0.717, 1.165) is 12.8 Å². The van der Waals surface area contributed by atoms with Gasteiger partial charge in [0.15, 0.2) is 5.13 Å². The molecule has 1 aromatic rings. The third-order valence-corrected chi connectivity index (χ3v) is 4.41. The minimum Gasteiger partial charge on any atom is -0.550 e. The number of nitrogens with zero attached hydrogens (tertiary/aromatic N) is 1. The fraction of sp³-hybridized carbons (Fsp3) is 0.643. The Kier molecular flexibility index (Phi) is 6.61. The van der Waals surface area contributed by atoms with E-state index in [9.17, 15) is 14.7 Å². The van der Waals surface area contributed by atoms with Gasteiger partial charge in [0.25, 0.3) is 0 Å². The van der Waals surface area contributed by atoms with Crippen LogP contribution in [0.5, 0.6) is 0 Å². The molecule has 0 aromatic carbocycles. The van der Waals surface area contributed by atoms with Crippen molar-refractivity contribution in [1.29, 1.82) is 0 Å². The smallest absolute Gasteiger partial charge is 0.317 e. The van der Waals surface area contributed by atoms with Crippen LogP contribution in [0.15, 0.2) is 6.20 Å². The van der Waals surface area contributed by atoms with Crippen molar-refractivity contribution in [2.45, 2.75) is 51.4 Å². The molecule has 1 heterocycles. The molecule has 1 rings (SSSR count). The molecule has 0 unspecified atom stereocenters. The van der Waals surface area contributed by atoms with E-state index in [-0.39, 0.29) is 19.4 Å². The molecule has 1 aromatic heterocycles. The number of unbranched alkanes of at least 4 members (excludes halogenated alkanes) is 1. The zero-order valence-corrected chi connectivity index (χ0v) is 13.2. The van der Waals surface area contributed by atoms with Gasteiger partial charge in [0, 0.05) is 17.0 Å². The summed E-state index contributed by atoms with van der Waals surface area (Å²) in [5, 5.41) is 11.2. The first-order chi connectivity index (χ1) is 9.96. The number of anilines is 1. The molecule has 6 nitrogen and oxygen atoms in total. The summed E-state index contributed by atoms with van der Waals surface area (Å²) in [7, 11) is 0. The van der Waals surface area contributed by atoms with Crippen molar-refractivity contribution in [1.82, 2.24) is 4.98 Å². The first-order valence-corrected chi connectivity index (χ1v) is 7.86. The molecule has 118 valence electrons. The van der Waals surface area contributed by atoms with Gasteiger partial charge in [-0.1, -0.05) is 19.8 Å². The van der Waals surface area contributed by atoms with E-state index in [1.807, 2.05) is 6.92 Å². The highest BCUT2D eigenvalue weighted by atomic mass is 32.1. The molecule has 0 saturated heterocycles. The highest BCUT2D eigenvalue weighted by Gasteiger charge is 2.42. The summed E-state index contributed by atoms with van der Waals surface area (Å²) in [5.41, 5.74) is 4.66. The first-order valence-electron chi connectivity index (χ1n) is 7.05. The molecule has 0 fully saturated rings. The van der Waals surface area contributed by atoms with E-state index >= 15 is 0 Å². The van der Waals surface area contributed by atoms with Gasteiger partial charge in [0.2, 0.25) is 0 Å². The number of carboxylic acids is 1. The topological polar surface area (TPSA) is 105 Å². The minimum atomic E-state index is -1.18. The summed E-state index contributed by atoms with van der Waals surface area (Å²) in [4.78, 5) is 28.0. The third kappa shape index (κ3) is 4.42. The molecule has 0 radical (unpaired) electrons. The number of rotatable bonds is 9. The Bertz CT molecular complexity index is 489. The van der Waals surface area contributed by atoms with Gasteiger partial charge in [-0.3, -0.25) is 4.79 Å². The monoisotopic (exact) mass is 313 g/mol. The van der Waals surface area contributed by atoms with Crippen LogP contribution < -0.4 is 10.8 Å². The van der Waals surface area contributed by atoms with E-state index in [2.05, 4.69) is 4.98 Å². The lowest BCUT2D eigenvalue weighted by Gasteiger charge is -2.30. The van der Waals surface area contributed by atoms with Gasteiger partial charge >= 0.3 is 5.97 Å². The summed E-state index contributed by atoms with van der Waals surface area (Å²) < 4.78 is 5.19. The highest BCUT2D eigenvalue weighted by Crippen LogP contribution is 2.39. The van der Waals surface area contributed by atoms with Crippen LogP contribution in [-0.2, 0) is 19.7 Å². The van der Waals surface area contributed by atoms with Crippen molar-refractivity contribution >= 4 is 28.4 Å². The Hall–Kier alpha value is -1.63. The molecule has 0 aliphatic heterocycles. The number of thiazole rings is 1. The third-order valence-electron chi connectivity index (χ3n) is 3.37. The number of aromatic nitrogens is 1. The van der Waals surface area contributed by atoms with Crippen molar-refractivity contribution in [3.05, 3.63) is 11.1 Å². The minimum absolute atomic E-state index is 0.135. The van der Waals surface area contributed by atoms with Crippen molar-refractivity contribution in [3.63, 3.8) is 0 Å². The zero-order chi connectivity index (χ0) is 15.9. The lowest BCUT2D eigenvalue weighted by atomic mass is 9.77. The number of hydrogen-bond donors (Lipinski definition) is 1. The molecule has 7 heteroatoms. The zero-order valence-electron chi connectivity index (χ0n) is 12.4. The van der Waals surface area contributed by atoms with Crippen LogP contribution in [0.3, 0.4) is 0 Å². The Balaban J connectivity index is 3.18. The van der Waals surface area contributed by atoms with Gasteiger partial charge in [-0.2, -0.15) is 0 Å². The number of aliphatic carboxylic acids is 1. The van der Waals surface area contributed by atoms with Crippen LogP contribution in [0, 0.1) is 0 Å².